The van der Waals surface area contributed by atoms with Gasteiger partial charge < -0.3 is 25.7 Å². The summed E-state index contributed by atoms with van der Waals surface area (Å²) in [5.41, 5.74) is 1.34. The fourth-order valence-corrected chi connectivity index (χ4v) is 5.68. The zero-order valence-corrected chi connectivity index (χ0v) is 28.4. The topological polar surface area (TPSA) is 141 Å². The molecule has 2 heterocycles. The summed E-state index contributed by atoms with van der Waals surface area (Å²) >= 11 is 0. The van der Waals surface area contributed by atoms with E-state index in [1.165, 1.54) is 21.4 Å². The lowest BCUT2D eigenvalue weighted by molar-refractivity contribution is 0.154. The largest absolute Gasteiger partial charge is 0.389 e. The van der Waals surface area contributed by atoms with E-state index < -0.39 is 23.5 Å². The number of nitrogens with zero attached hydrogens (tertiary/aromatic N) is 6. The predicted octanol–water partition coefficient (Wildman–Crippen LogP) is 3.06. The number of rotatable bonds is 15. The molecule has 0 aromatic carbocycles. The summed E-state index contributed by atoms with van der Waals surface area (Å²) in [6.07, 6.45) is 10.6. The molecular weight excluding hydrogens is 584 g/mol. The molecule has 0 bridgehead atoms. The van der Waals surface area contributed by atoms with Crippen molar-refractivity contribution in [3.8, 4) is 0 Å². The minimum Gasteiger partial charge on any atom is -0.389 e. The molecule has 250 valence electrons. The third-order valence-electron chi connectivity index (χ3n) is 8.02. The van der Waals surface area contributed by atoms with Gasteiger partial charge in [-0.1, -0.05) is 31.7 Å². The van der Waals surface area contributed by atoms with Crippen LogP contribution < -0.4 is 21.8 Å². The molecule has 3 rings (SSSR count). The van der Waals surface area contributed by atoms with Gasteiger partial charge in [-0.3, -0.25) is 23.6 Å². The molecule has 0 saturated heterocycles. The molecule has 0 spiro atoms. The highest BCUT2D eigenvalue weighted by molar-refractivity contribution is 5.78. The van der Waals surface area contributed by atoms with Crippen molar-refractivity contribution < 1.29 is 10.2 Å². The minimum absolute atomic E-state index is 0.00884. The van der Waals surface area contributed by atoms with Gasteiger partial charge in [-0.15, -0.1) is 6.58 Å². The molecule has 0 radical (unpaired) electrons. The van der Waals surface area contributed by atoms with E-state index in [1.54, 1.807) is 32.1 Å². The molecule has 46 heavy (non-hydrogen) atoms. The Hall–Kier alpha value is -4.10. The fourth-order valence-electron chi connectivity index (χ4n) is 5.68. The summed E-state index contributed by atoms with van der Waals surface area (Å²) in [6.45, 7) is 18.4. The maximum atomic E-state index is 13.7. The van der Waals surface area contributed by atoms with Crippen LogP contribution in [0.2, 0.25) is 0 Å². The summed E-state index contributed by atoms with van der Waals surface area (Å²) in [7, 11) is 6.16. The first-order chi connectivity index (χ1) is 21.7. The SMILES string of the molecule is C=CCC(O)N/C(C=C)=C/C(=C\C)n1c(=O)c(=O)n(C(C)C)c2cnc(NC3=C([C@@H](C)O)C(C)C(N(C)CCN(C)C)C=C3)nc21. The highest BCUT2D eigenvalue weighted by atomic mass is 16.3. The highest BCUT2D eigenvalue weighted by Gasteiger charge is 2.30. The van der Waals surface area contributed by atoms with Crippen LogP contribution >= 0.6 is 0 Å². The monoisotopic (exact) mass is 634 g/mol. The average molecular weight is 635 g/mol. The van der Waals surface area contributed by atoms with Crippen LogP contribution in [0.3, 0.4) is 0 Å². The van der Waals surface area contributed by atoms with Crippen molar-refractivity contribution >= 4 is 22.8 Å². The zero-order valence-electron chi connectivity index (χ0n) is 28.4. The van der Waals surface area contributed by atoms with Crippen molar-refractivity contribution in [2.24, 2.45) is 5.92 Å². The lowest BCUT2D eigenvalue weighted by Crippen LogP contribution is -2.43. The number of anilines is 1. The van der Waals surface area contributed by atoms with Gasteiger partial charge in [0.15, 0.2) is 5.65 Å². The number of aromatic nitrogens is 4. The third-order valence-corrected chi connectivity index (χ3v) is 8.02. The molecule has 0 saturated carbocycles. The van der Waals surface area contributed by atoms with Gasteiger partial charge in [0.05, 0.1) is 12.3 Å². The molecule has 12 heteroatoms. The quantitative estimate of drug-likeness (QED) is 0.100. The summed E-state index contributed by atoms with van der Waals surface area (Å²) in [5, 5.41) is 27.3. The molecule has 0 amide bonds. The van der Waals surface area contributed by atoms with E-state index >= 15 is 0 Å². The molecule has 2 aromatic heterocycles. The second kappa shape index (κ2) is 15.9. The number of aliphatic hydroxyl groups is 2. The lowest BCUT2D eigenvalue weighted by atomic mass is 9.83. The molecule has 1 aliphatic rings. The second-order valence-electron chi connectivity index (χ2n) is 12.1. The van der Waals surface area contributed by atoms with Crippen LogP contribution in [-0.2, 0) is 0 Å². The first-order valence-electron chi connectivity index (χ1n) is 15.6. The highest BCUT2D eigenvalue weighted by Crippen LogP contribution is 2.31. The third kappa shape index (κ3) is 8.18. The van der Waals surface area contributed by atoms with Gasteiger partial charge >= 0.3 is 11.1 Å². The second-order valence-corrected chi connectivity index (χ2v) is 12.1. The van der Waals surface area contributed by atoms with Crippen molar-refractivity contribution in [3.63, 3.8) is 0 Å². The Bertz CT molecular complexity index is 1660. The van der Waals surface area contributed by atoms with Gasteiger partial charge in [0, 0.05) is 54.6 Å². The van der Waals surface area contributed by atoms with E-state index in [-0.39, 0.29) is 36.0 Å². The molecule has 4 N–H and O–H groups in total. The summed E-state index contributed by atoms with van der Waals surface area (Å²) < 4.78 is 2.63. The normalized spacial score (nSPS) is 18.9. The zero-order chi connectivity index (χ0) is 34.3. The fraction of sp³-hybridized carbons (Fsp3) is 0.471. The molecule has 4 atom stereocenters. The van der Waals surface area contributed by atoms with E-state index in [0.717, 1.165) is 18.7 Å². The average Bonchev–Trinajstić information content (AvgIpc) is 2.99. The van der Waals surface area contributed by atoms with Gasteiger partial charge in [-0.25, -0.2) is 4.98 Å². The summed E-state index contributed by atoms with van der Waals surface area (Å²) in [6, 6.07) is -0.253. The Morgan fingerprint density at radius 3 is 2.39 bits per heavy atom. The van der Waals surface area contributed by atoms with E-state index in [0.29, 0.717) is 22.6 Å². The number of fused-ring (bicyclic) bond motifs is 1. The molecular formula is C34H50N8O4. The molecule has 0 fully saturated rings. The van der Waals surface area contributed by atoms with Crippen LogP contribution in [0.4, 0.5) is 5.95 Å². The maximum Gasteiger partial charge on any atom is 0.322 e. The molecule has 2 aromatic rings. The molecule has 1 aliphatic carbocycles. The Balaban J connectivity index is 2.18. The number of allylic oxidation sites excluding steroid dienone is 5. The van der Waals surface area contributed by atoms with E-state index in [1.807, 2.05) is 34.0 Å². The van der Waals surface area contributed by atoms with Crippen molar-refractivity contribution in [1.29, 1.82) is 0 Å². The van der Waals surface area contributed by atoms with Gasteiger partial charge in [0.1, 0.15) is 11.7 Å². The lowest BCUT2D eigenvalue weighted by Gasteiger charge is -2.37. The van der Waals surface area contributed by atoms with Crippen LogP contribution in [-0.4, -0.2) is 91.7 Å². The smallest absolute Gasteiger partial charge is 0.322 e. The van der Waals surface area contributed by atoms with E-state index in [9.17, 15) is 19.8 Å². The van der Waals surface area contributed by atoms with Crippen LogP contribution in [0.25, 0.3) is 16.9 Å². The Morgan fingerprint density at radius 2 is 1.83 bits per heavy atom. The first-order valence-corrected chi connectivity index (χ1v) is 15.6. The van der Waals surface area contributed by atoms with Crippen LogP contribution in [0.1, 0.15) is 47.1 Å². The summed E-state index contributed by atoms with van der Waals surface area (Å²) in [5.74, 6) is 0.187. The Kier molecular flexibility index (Phi) is 12.6. The van der Waals surface area contributed by atoms with Crippen molar-refractivity contribution in [1.82, 2.24) is 34.2 Å². The van der Waals surface area contributed by atoms with Gasteiger partial charge in [0.25, 0.3) is 0 Å². The minimum atomic E-state index is -0.921. The first kappa shape index (κ1) is 36.4. The van der Waals surface area contributed by atoms with Crippen molar-refractivity contribution in [2.45, 2.75) is 65.5 Å². The predicted molar refractivity (Wildman–Crippen MR) is 186 cm³/mol. The van der Waals surface area contributed by atoms with E-state index in [2.05, 4.69) is 58.6 Å². The summed E-state index contributed by atoms with van der Waals surface area (Å²) in [4.78, 5) is 40.8. The number of likely N-dealkylation sites (N-methyl/N-ethyl adjacent to an activating group) is 2. The number of nitrogens with one attached hydrogen (secondary N) is 2. The molecule has 12 nitrogen and oxygen atoms in total. The van der Waals surface area contributed by atoms with Gasteiger partial charge in [-0.2, -0.15) is 4.98 Å². The van der Waals surface area contributed by atoms with Crippen molar-refractivity contribution in [3.05, 3.63) is 93.5 Å². The van der Waals surface area contributed by atoms with Crippen LogP contribution in [0.15, 0.2) is 82.4 Å². The maximum absolute atomic E-state index is 13.7. The Morgan fingerprint density at radius 1 is 1.13 bits per heavy atom. The van der Waals surface area contributed by atoms with Gasteiger partial charge in [-0.05, 0) is 72.6 Å². The number of hydrogen-bond acceptors (Lipinski definition) is 10. The van der Waals surface area contributed by atoms with Crippen LogP contribution in [0.5, 0.6) is 0 Å². The van der Waals surface area contributed by atoms with Crippen molar-refractivity contribution in [2.75, 3.05) is 39.5 Å². The van der Waals surface area contributed by atoms with E-state index in [4.69, 9.17) is 4.98 Å². The number of hydrogen-bond donors (Lipinski definition) is 4. The molecule has 0 aliphatic heterocycles. The van der Waals surface area contributed by atoms with Gasteiger partial charge in [0.2, 0.25) is 5.95 Å². The number of aliphatic hydroxyl groups excluding tert-OH is 2. The Labute approximate surface area is 271 Å². The molecule has 3 unspecified atom stereocenters. The van der Waals surface area contributed by atoms with Crippen LogP contribution in [0, 0.1) is 5.92 Å². The standard InChI is InChI=1S/C34H50N8O4/c1-11-14-29(44)36-24(12-2)19-25(13-3)42-31-28(41(21(4)5)32(45)33(42)46)20-35-34(38-31)37-26-15-16-27(22(6)30(26)23(7)43)40(10)18-17-39(8)9/h11-13,15-16,19-23,27,29,36,43-44H,1-2,14,17-18H2,3-10H3,(H,35,37,38)/b24-19+,25-13+/t22?,23-,27?,29?/m1/s1.